The van der Waals surface area contributed by atoms with Crippen molar-refractivity contribution >= 4 is 91.9 Å². The molecule has 0 atom stereocenters. The van der Waals surface area contributed by atoms with E-state index in [2.05, 4.69) is 417 Å². The Hall–Kier alpha value is -9.26. The minimum atomic E-state index is -2.50. The smallest absolute Gasteiger partial charge is 0.148 e. The van der Waals surface area contributed by atoms with Gasteiger partial charge in [-0.25, -0.2) is 0 Å². The van der Waals surface area contributed by atoms with Crippen LogP contribution in [0.15, 0.2) is 364 Å². The van der Waals surface area contributed by atoms with Gasteiger partial charge in [-0.15, -0.1) is 8.35 Å². The van der Waals surface area contributed by atoms with Crippen molar-refractivity contribution in [3.63, 3.8) is 0 Å². The third-order valence-electron chi connectivity index (χ3n) is 14.1. The summed E-state index contributed by atoms with van der Waals surface area (Å²) in [6.45, 7) is 36.0. The predicted molar refractivity (Wildman–Crippen MR) is 376 cm³/mol. The van der Waals surface area contributed by atoms with Gasteiger partial charge < -0.3 is 0 Å². The zero-order chi connectivity index (χ0) is 68.8. The summed E-state index contributed by atoms with van der Waals surface area (Å²) < 4.78 is 72.8. The third kappa shape index (κ3) is 20.4. The molecule has 96 heavy (non-hydrogen) atoms. The van der Waals surface area contributed by atoms with Gasteiger partial charge in [-0.2, -0.15) is 0 Å². The van der Waals surface area contributed by atoms with Crippen LogP contribution in [0.5, 0.6) is 0 Å². The van der Waals surface area contributed by atoms with E-state index in [1.165, 1.54) is 63.7 Å². The molecule has 0 heterocycles. The van der Waals surface area contributed by atoms with E-state index >= 15 is 0 Å². The van der Waals surface area contributed by atoms with Crippen LogP contribution in [0.3, 0.4) is 0 Å². The fourth-order valence-corrected chi connectivity index (χ4v) is 29.5. The zero-order valence-corrected chi connectivity index (χ0v) is 57.1. The predicted octanol–water partition coefficient (Wildman–Crippen LogP) is 12.5. The first-order valence-electron chi connectivity index (χ1n) is 28.0. The molecule has 0 N–H and O–H groups in total. The number of rotatable bonds is 12. The Labute approximate surface area is 584 Å². The van der Waals surface area contributed by atoms with Gasteiger partial charge in [0.1, 0.15) is 0 Å². The monoisotopic (exact) mass is 1410 g/mol. The number of hydrogen-bond acceptors (Lipinski definition) is 0. The van der Waals surface area contributed by atoms with Crippen LogP contribution >= 0.6 is 28.2 Å². The van der Waals surface area contributed by atoms with Crippen LogP contribution in [0, 0.1) is 53.2 Å². The molecule has 0 unspecified atom stereocenters. The molecule has 0 saturated heterocycles. The molecule has 16 heteroatoms. The molecular formula is C80H60Fe2N2O8P4+2. The molecule has 12 aromatic carbocycles. The maximum atomic E-state index is 7.50. The first kappa shape index (κ1) is 84.8. The summed E-state index contributed by atoms with van der Waals surface area (Å²) >= 11 is 0. The fourth-order valence-electron chi connectivity index (χ4n) is 10.5. The van der Waals surface area contributed by atoms with Gasteiger partial charge in [0.15, 0.2) is 0 Å². The Morgan fingerprint density at radius 2 is 0.198 bits per heavy atom. The van der Waals surface area contributed by atoms with E-state index in [0.29, 0.717) is 0 Å². The van der Waals surface area contributed by atoms with Gasteiger partial charge in [0.2, 0.25) is 0 Å². The summed E-state index contributed by atoms with van der Waals surface area (Å²) in [5.74, 6) is 0. The summed E-state index contributed by atoms with van der Waals surface area (Å²) in [5, 5.41) is 15.1. The zero-order valence-electron chi connectivity index (χ0n) is 51.3. The summed E-state index contributed by atoms with van der Waals surface area (Å²) in [5.41, 5.74) is 0. The quantitative estimate of drug-likeness (QED) is 0.0371. The largest absolute Gasteiger partial charge is 0.301 e. The average Bonchev–Trinajstić information content (AvgIpc) is 0.729. The first-order valence-corrected chi connectivity index (χ1v) is 35.0. The Morgan fingerprint density at radius 3 is 0.260 bits per heavy atom. The van der Waals surface area contributed by atoms with Crippen LogP contribution in [0.2, 0.25) is 0 Å². The van der Waals surface area contributed by atoms with Crippen LogP contribution < -0.4 is 72.0 Å². The van der Waals surface area contributed by atoms with Crippen LogP contribution in [-0.4, -0.2) is 0 Å². The molecule has 0 bridgehead atoms. The van der Waals surface area contributed by atoms with Gasteiger partial charge >= 0.3 is 119 Å². The second kappa shape index (κ2) is 48.4. The van der Waals surface area contributed by atoms with Crippen molar-refractivity contribution in [3.05, 3.63) is 417 Å². The standard InChI is InChI=1S/2C36H30NP2.8CO.2Fe/c2*1-7-19-31(20-8-1)38(32-21-9-2-10-22-32,33-23-11-3-12-24-33)37-39(34-25-13-4-14-26-34,35-27-15-5-16-28-35)36-29-17-6-18-30-36;8*1-2;;/h2*1-30H;;;;;;;;;;/q2*+1;;;;;;;;;;. The van der Waals surface area contributed by atoms with E-state index in [-0.39, 0.29) is 34.1 Å². The van der Waals surface area contributed by atoms with Crippen molar-refractivity contribution in [2.24, 2.45) is 0 Å². The molecule has 12 rings (SSSR count). The Bertz CT molecular complexity index is 3520. The van der Waals surface area contributed by atoms with Gasteiger partial charge in [0, 0.05) is 34.1 Å². The number of benzene rings is 12. The maximum absolute atomic E-state index is 7.50. The molecular weight excluding hydrogens is 1350 g/mol. The van der Waals surface area contributed by atoms with Crippen molar-refractivity contribution in [1.29, 1.82) is 0 Å². The van der Waals surface area contributed by atoms with E-state index in [1.807, 2.05) is 0 Å². The number of nitrogens with zero attached hydrogens (tertiary/aromatic N) is 2. The molecule has 0 aliphatic carbocycles. The van der Waals surface area contributed by atoms with E-state index < -0.39 is 28.2 Å². The molecule has 0 amide bonds. The van der Waals surface area contributed by atoms with Crippen molar-refractivity contribution < 1.29 is 71.4 Å². The summed E-state index contributed by atoms with van der Waals surface area (Å²) in [6, 6.07) is 131. The molecule has 10 nitrogen and oxygen atoms in total. The van der Waals surface area contributed by atoms with Crippen molar-refractivity contribution in [2.75, 3.05) is 0 Å². The normalized spacial score (nSPS) is 9.50. The van der Waals surface area contributed by atoms with Crippen molar-refractivity contribution in [1.82, 2.24) is 8.35 Å². The van der Waals surface area contributed by atoms with Gasteiger partial charge in [0.05, 0.1) is 63.7 Å². The molecule has 0 radical (unpaired) electrons. The van der Waals surface area contributed by atoms with Crippen LogP contribution in [0.4, 0.5) is 0 Å². The second-order valence-electron chi connectivity index (χ2n) is 18.7. The minimum absolute atomic E-state index is 0. The Balaban J connectivity index is 0.000000782. The maximum Gasteiger partial charge on any atom is 0.301 e. The van der Waals surface area contributed by atoms with Crippen molar-refractivity contribution in [3.8, 4) is 0 Å². The SMILES string of the molecule is [C-]#[O+].[C-]#[O+].[C-]#[O+].[C-]#[O+].[C-]#[O+].[C-]#[O+].[C-]#[O+].[C-]#[O+].[Fe].[Fe].c1ccc(P(=[N+]=P(c2ccccc2)(c2ccccc2)c2ccccc2)(c2ccccc2)c2ccccc2)cc1.c1ccc(P(=[N+]=P(c2ccccc2)(c2ccccc2)c2ccccc2)(c2ccccc2)c2ccccc2)cc1. The van der Waals surface area contributed by atoms with Gasteiger partial charge in [-0.05, 0) is 146 Å². The fraction of sp³-hybridized carbons (Fsp3) is 0. The van der Waals surface area contributed by atoms with Gasteiger partial charge in [-0.1, -0.05) is 218 Å². The molecule has 0 aliphatic heterocycles. The minimum Gasteiger partial charge on any atom is -0.148 e. The summed E-state index contributed by atoms with van der Waals surface area (Å²) in [7, 11) is -9.99. The molecule has 0 spiro atoms. The molecule has 472 valence electrons. The summed E-state index contributed by atoms with van der Waals surface area (Å²) in [6.07, 6.45) is 0. The van der Waals surface area contributed by atoms with Gasteiger partial charge in [-0.3, -0.25) is 0 Å². The second-order valence-corrected chi connectivity index (χ2v) is 31.5. The summed E-state index contributed by atoms with van der Waals surface area (Å²) in [4.78, 5) is 0. The van der Waals surface area contributed by atoms with E-state index in [1.54, 1.807) is 0 Å². The first-order chi connectivity index (χ1) is 46.7. The Kier molecular flexibility index (Phi) is 42.8. The topological polar surface area (TPSA) is 187 Å². The molecule has 0 fully saturated rings. The molecule has 0 saturated carbocycles. The van der Waals surface area contributed by atoms with Crippen LogP contribution in [0.1, 0.15) is 0 Å². The molecule has 12 aromatic rings. The van der Waals surface area contributed by atoms with Crippen LogP contribution in [-0.2, 0) is 71.4 Å². The van der Waals surface area contributed by atoms with E-state index in [9.17, 15) is 0 Å². The number of hydrogen-bond donors (Lipinski definition) is 0. The average molecular weight is 1410 g/mol. The van der Waals surface area contributed by atoms with E-state index in [4.69, 9.17) is 45.6 Å². The van der Waals surface area contributed by atoms with Gasteiger partial charge in [0.25, 0.3) is 0 Å². The molecule has 0 aromatic heterocycles. The van der Waals surface area contributed by atoms with Crippen molar-refractivity contribution in [2.45, 2.75) is 0 Å². The molecule has 0 aliphatic rings. The Morgan fingerprint density at radius 1 is 0.135 bits per heavy atom. The third-order valence-corrected chi connectivity index (χ3v) is 30.9. The van der Waals surface area contributed by atoms with E-state index in [0.717, 1.165) is 0 Å². The van der Waals surface area contributed by atoms with Crippen LogP contribution in [0.25, 0.3) is 0 Å².